The van der Waals surface area contributed by atoms with Crippen LogP contribution in [0, 0.1) is 0 Å². The summed E-state index contributed by atoms with van der Waals surface area (Å²) in [7, 11) is 0. The number of hydrogen-bond donors (Lipinski definition) is 0. The first-order valence-corrected chi connectivity index (χ1v) is 4.22. The lowest BCUT2D eigenvalue weighted by Crippen LogP contribution is -2.23. The smallest absolute Gasteiger partial charge is 0.284 e. The molecule has 0 fully saturated rings. The van der Waals surface area contributed by atoms with Crippen molar-refractivity contribution in [2.24, 2.45) is 0 Å². The van der Waals surface area contributed by atoms with E-state index in [4.69, 9.17) is 0 Å². The SMILES string of the molecule is CC(F)(F)c1cccc(C(=O)C(F)(F)F)c1. The molecule has 0 saturated carbocycles. The summed E-state index contributed by atoms with van der Waals surface area (Å²) in [6, 6.07) is 3.36. The van der Waals surface area contributed by atoms with Crippen molar-refractivity contribution in [2.75, 3.05) is 0 Å². The molecule has 0 saturated heterocycles. The van der Waals surface area contributed by atoms with Crippen LogP contribution in [0.3, 0.4) is 0 Å². The Balaban J connectivity index is 3.14. The van der Waals surface area contributed by atoms with Crippen molar-refractivity contribution in [3.8, 4) is 0 Å². The molecule has 0 spiro atoms. The Bertz CT molecular complexity index is 402. The normalized spacial score (nSPS) is 12.6. The van der Waals surface area contributed by atoms with Crippen LogP contribution in [0.1, 0.15) is 22.8 Å². The van der Waals surface area contributed by atoms with Crippen LogP contribution in [0.2, 0.25) is 0 Å². The van der Waals surface area contributed by atoms with E-state index in [1.807, 2.05) is 0 Å². The average Bonchev–Trinajstić information content (AvgIpc) is 2.14. The molecule has 0 amide bonds. The Kier molecular flexibility index (Phi) is 3.03. The summed E-state index contributed by atoms with van der Waals surface area (Å²) < 4.78 is 61.7. The molecule has 0 atom stereocenters. The van der Waals surface area contributed by atoms with E-state index < -0.39 is 29.0 Å². The van der Waals surface area contributed by atoms with Crippen LogP contribution in [0.5, 0.6) is 0 Å². The fraction of sp³-hybridized carbons (Fsp3) is 0.300. The predicted molar refractivity (Wildman–Crippen MR) is 46.4 cm³/mol. The first-order valence-electron chi connectivity index (χ1n) is 4.22. The van der Waals surface area contributed by atoms with Gasteiger partial charge in [-0.15, -0.1) is 0 Å². The van der Waals surface area contributed by atoms with Gasteiger partial charge in [0.25, 0.3) is 11.7 Å². The van der Waals surface area contributed by atoms with Crippen LogP contribution >= 0.6 is 0 Å². The summed E-state index contributed by atoms with van der Waals surface area (Å²) in [5.74, 6) is -5.40. The molecule has 0 radical (unpaired) electrons. The zero-order valence-electron chi connectivity index (χ0n) is 8.11. The number of carbonyl (C=O) groups is 1. The van der Waals surface area contributed by atoms with Gasteiger partial charge in [-0.3, -0.25) is 4.79 Å². The fourth-order valence-electron chi connectivity index (χ4n) is 1.10. The van der Waals surface area contributed by atoms with E-state index in [0.717, 1.165) is 18.2 Å². The second-order valence-corrected chi connectivity index (χ2v) is 3.30. The van der Waals surface area contributed by atoms with Crippen molar-refractivity contribution in [1.29, 1.82) is 0 Å². The lowest BCUT2D eigenvalue weighted by Gasteiger charge is -2.12. The van der Waals surface area contributed by atoms with Gasteiger partial charge in [-0.25, -0.2) is 8.78 Å². The quantitative estimate of drug-likeness (QED) is 0.568. The maximum atomic E-state index is 12.8. The van der Waals surface area contributed by atoms with Gasteiger partial charge in [0, 0.05) is 18.1 Å². The second-order valence-electron chi connectivity index (χ2n) is 3.30. The number of Topliss-reactive ketones (excluding diaryl/α,β-unsaturated/α-hetero) is 1. The molecule has 0 aliphatic heterocycles. The van der Waals surface area contributed by atoms with E-state index >= 15 is 0 Å². The van der Waals surface area contributed by atoms with Crippen molar-refractivity contribution >= 4 is 5.78 Å². The number of benzene rings is 1. The standard InChI is InChI=1S/C10H7F5O/c1-9(11,12)7-4-2-3-6(5-7)8(16)10(13,14)15/h2-5H,1H3. The van der Waals surface area contributed by atoms with E-state index in [0.29, 0.717) is 13.0 Å². The average molecular weight is 238 g/mol. The molecular formula is C10H7F5O. The minimum atomic E-state index is -5.05. The Morgan fingerprint density at radius 3 is 2.12 bits per heavy atom. The molecule has 1 rings (SSSR count). The van der Waals surface area contributed by atoms with Gasteiger partial charge in [0.1, 0.15) is 0 Å². The van der Waals surface area contributed by atoms with Crippen molar-refractivity contribution in [2.45, 2.75) is 19.0 Å². The molecule has 0 aliphatic rings. The second kappa shape index (κ2) is 3.84. The Morgan fingerprint density at radius 2 is 1.69 bits per heavy atom. The number of carbonyl (C=O) groups excluding carboxylic acids is 1. The molecule has 88 valence electrons. The topological polar surface area (TPSA) is 17.1 Å². The van der Waals surface area contributed by atoms with Crippen molar-refractivity contribution in [3.63, 3.8) is 0 Å². The fourth-order valence-corrected chi connectivity index (χ4v) is 1.10. The molecule has 6 heteroatoms. The zero-order valence-corrected chi connectivity index (χ0v) is 8.11. The minimum Gasteiger partial charge on any atom is -0.284 e. The Labute approximate surface area is 87.9 Å². The molecule has 0 heterocycles. The van der Waals surface area contributed by atoms with Gasteiger partial charge in [-0.1, -0.05) is 18.2 Å². The van der Waals surface area contributed by atoms with Gasteiger partial charge in [-0.05, 0) is 6.07 Å². The molecular weight excluding hydrogens is 231 g/mol. The van der Waals surface area contributed by atoms with E-state index in [1.165, 1.54) is 0 Å². The van der Waals surface area contributed by atoms with Gasteiger partial charge in [0.15, 0.2) is 0 Å². The monoisotopic (exact) mass is 238 g/mol. The van der Waals surface area contributed by atoms with Gasteiger partial charge in [0.2, 0.25) is 0 Å². The van der Waals surface area contributed by atoms with Crippen LogP contribution in [-0.4, -0.2) is 12.0 Å². The summed E-state index contributed by atoms with van der Waals surface area (Å²) >= 11 is 0. The minimum absolute atomic E-state index is 0.546. The van der Waals surface area contributed by atoms with Crippen LogP contribution in [0.15, 0.2) is 24.3 Å². The van der Waals surface area contributed by atoms with Gasteiger partial charge < -0.3 is 0 Å². The molecule has 1 aromatic carbocycles. The largest absolute Gasteiger partial charge is 0.454 e. The van der Waals surface area contributed by atoms with Gasteiger partial charge in [-0.2, -0.15) is 13.2 Å². The van der Waals surface area contributed by atoms with Crippen LogP contribution in [0.25, 0.3) is 0 Å². The third-order valence-corrected chi connectivity index (χ3v) is 1.89. The molecule has 1 nitrogen and oxygen atoms in total. The third kappa shape index (κ3) is 2.77. The van der Waals surface area contributed by atoms with Crippen LogP contribution in [-0.2, 0) is 5.92 Å². The lowest BCUT2D eigenvalue weighted by molar-refractivity contribution is -0.0885. The number of ketones is 1. The summed E-state index contributed by atoms with van der Waals surface area (Å²) in [5.41, 5.74) is -1.41. The highest BCUT2D eigenvalue weighted by Crippen LogP contribution is 2.29. The van der Waals surface area contributed by atoms with E-state index in [-0.39, 0.29) is 0 Å². The third-order valence-electron chi connectivity index (χ3n) is 1.89. The molecule has 0 bridgehead atoms. The molecule has 0 aliphatic carbocycles. The predicted octanol–water partition coefficient (Wildman–Crippen LogP) is 3.54. The first kappa shape index (κ1) is 12.6. The Hall–Kier alpha value is -1.46. The van der Waals surface area contributed by atoms with Crippen molar-refractivity contribution < 1.29 is 26.7 Å². The summed E-state index contributed by atoms with van der Waals surface area (Å²) in [4.78, 5) is 10.8. The number of halogens is 5. The highest BCUT2D eigenvalue weighted by atomic mass is 19.4. The van der Waals surface area contributed by atoms with Gasteiger partial charge >= 0.3 is 6.18 Å². The highest BCUT2D eigenvalue weighted by molar-refractivity contribution is 6.00. The maximum absolute atomic E-state index is 12.8. The molecule has 0 N–H and O–H groups in total. The number of hydrogen-bond acceptors (Lipinski definition) is 1. The molecule has 0 unspecified atom stereocenters. The summed E-state index contributed by atoms with van der Waals surface area (Å²) in [5, 5.41) is 0. The van der Waals surface area contributed by atoms with Crippen molar-refractivity contribution in [3.05, 3.63) is 35.4 Å². The van der Waals surface area contributed by atoms with Gasteiger partial charge in [0.05, 0.1) is 0 Å². The highest BCUT2D eigenvalue weighted by Gasteiger charge is 2.39. The first-order chi connectivity index (χ1) is 7.12. The zero-order chi connectivity index (χ0) is 12.6. The summed E-state index contributed by atoms with van der Waals surface area (Å²) in [6.45, 7) is 0.546. The van der Waals surface area contributed by atoms with E-state index in [1.54, 1.807) is 0 Å². The maximum Gasteiger partial charge on any atom is 0.454 e. The van der Waals surface area contributed by atoms with E-state index in [9.17, 15) is 26.7 Å². The summed E-state index contributed by atoms with van der Waals surface area (Å²) in [6.07, 6.45) is -5.05. The van der Waals surface area contributed by atoms with Crippen LogP contribution < -0.4 is 0 Å². The molecule has 16 heavy (non-hydrogen) atoms. The lowest BCUT2D eigenvalue weighted by atomic mass is 10.0. The molecule has 1 aromatic rings. The molecule has 0 aromatic heterocycles. The van der Waals surface area contributed by atoms with Crippen LogP contribution in [0.4, 0.5) is 22.0 Å². The van der Waals surface area contributed by atoms with Crippen molar-refractivity contribution in [1.82, 2.24) is 0 Å². The number of alkyl halides is 5. The number of rotatable bonds is 2. The van der Waals surface area contributed by atoms with E-state index in [2.05, 4.69) is 0 Å². The Morgan fingerprint density at radius 1 is 1.12 bits per heavy atom.